The fourth-order valence-electron chi connectivity index (χ4n) is 2.75. The van der Waals surface area contributed by atoms with E-state index >= 15 is 0 Å². The van der Waals surface area contributed by atoms with Crippen LogP contribution >= 0.6 is 0 Å². The number of carbonyl (C=O) groups is 1. The molecule has 2 rings (SSSR count). The Balaban J connectivity index is 1.88. The van der Waals surface area contributed by atoms with Crippen LogP contribution in [0.15, 0.2) is 0 Å². The minimum Gasteiger partial charge on any atom is -0.444 e. The summed E-state index contributed by atoms with van der Waals surface area (Å²) >= 11 is 0. The SMILES string of the molecule is CN1CC(N)C2(C1)CN(C(=O)OC(C)(C)C)C2. The Morgan fingerprint density at radius 3 is 2.35 bits per heavy atom. The third-order valence-electron chi connectivity index (χ3n) is 3.54. The predicted molar refractivity (Wildman–Crippen MR) is 65.7 cm³/mol. The highest BCUT2D eigenvalue weighted by molar-refractivity contribution is 5.69. The molecule has 0 bridgehead atoms. The van der Waals surface area contributed by atoms with Crippen molar-refractivity contribution in [3.63, 3.8) is 0 Å². The van der Waals surface area contributed by atoms with Gasteiger partial charge < -0.3 is 20.3 Å². The van der Waals surface area contributed by atoms with Gasteiger partial charge in [0.15, 0.2) is 0 Å². The molecule has 0 aromatic heterocycles. The molecule has 1 spiro atoms. The molecule has 0 aliphatic carbocycles. The van der Waals surface area contributed by atoms with Crippen LogP contribution < -0.4 is 5.73 Å². The summed E-state index contributed by atoms with van der Waals surface area (Å²) in [5.41, 5.74) is 5.82. The monoisotopic (exact) mass is 241 g/mol. The van der Waals surface area contributed by atoms with Crippen LogP contribution in [0.25, 0.3) is 0 Å². The molecule has 5 heteroatoms. The largest absolute Gasteiger partial charge is 0.444 e. The second-order valence-corrected chi connectivity index (χ2v) is 6.50. The van der Waals surface area contributed by atoms with Crippen LogP contribution in [0.4, 0.5) is 4.79 Å². The Kier molecular flexibility index (Phi) is 2.86. The van der Waals surface area contributed by atoms with Crippen LogP contribution in [-0.4, -0.2) is 60.8 Å². The maximum absolute atomic E-state index is 11.8. The van der Waals surface area contributed by atoms with Crippen molar-refractivity contribution in [2.75, 3.05) is 33.2 Å². The highest BCUT2D eigenvalue weighted by atomic mass is 16.6. The van der Waals surface area contributed by atoms with Crippen molar-refractivity contribution in [3.05, 3.63) is 0 Å². The second kappa shape index (κ2) is 3.85. The quantitative estimate of drug-likeness (QED) is 0.671. The van der Waals surface area contributed by atoms with Crippen molar-refractivity contribution < 1.29 is 9.53 Å². The molecule has 0 aromatic carbocycles. The zero-order chi connectivity index (χ0) is 12.8. The lowest BCUT2D eigenvalue weighted by Gasteiger charge is -2.49. The van der Waals surface area contributed by atoms with Gasteiger partial charge in [-0.3, -0.25) is 0 Å². The number of likely N-dealkylation sites (N-methyl/N-ethyl adjacent to an activating group) is 1. The third-order valence-corrected chi connectivity index (χ3v) is 3.54. The summed E-state index contributed by atoms with van der Waals surface area (Å²) in [7, 11) is 2.07. The Bertz CT molecular complexity index is 318. The maximum Gasteiger partial charge on any atom is 0.410 e. The van der Waals surface area contributed by atoms with E-state index in [2.05, 4.69) is 11.9 Å². The van der Waals surface area contributed by atoms with Crippen LogP contribution in [0.5, 0.6) is 0 Å². The Morgan fingerprint density at radius 1 is 1.35 bits per heavy atom. The van der Waals surface area contributed by atoms with Gasteiger partial charge in [-0.15, -0.1) is 0 Å². The van der Waals surface area contributed by atoms with Gasteiger partial charge in [-0.1, -0.05) is 0 Å². The lowest BCUT2D eigenvalue weighted by atomic mass is 9.76. The predicted octanol–water partition coefficient (Wildman–Crippen LogP) is 0.496. The summed E-state index contributed by atoms with van der Waals surface area (Å²) in [5.74, 6) is 0. The number of nitrogens with two attached hydrogens (primary N) is 1. The molecule has 0 saturated carbocycles. The van der Waals surface area contributed by atoms with Crippen molar-refractivity contribution in [3.8, 4) is 0 Å². The van der Waals surface area contributed by atoms with Gasteiger partial charge in [0.05, 0.1) is 0 Å². The van der Waals surface area contributed by atoms with Crippen molar-refractivity contribution in [2.45, 2.75) is 32.4 Å². The normalized spacial score (nSPS) is 28.3. The van der Waals surface area contributed by atoms with Gasteiger partial charge in [0.25, 0.3) is 0 Å². The molecule has 2 N–H and O–H groups in total. The van der Waals surface area contributed by atoms with E-state index in [0.29, 0.717) is 0 Å². The molecular formula is C12H23N3O2. The van der Waals surface area contributed by atoms with E-state index in [1.54, 1.807) is 4.90 Å². The highest BCUT2D eigenvalue weighted by Gasteiger charge is 2.54. The molecule has 1 unspecified atom stereocenters. The molecule has 5 nitrogen and oxygen atoms in total. The molecule has 0 radical (unpaired) electrons. The van der Waals surface area contributed by atoms with E-state index < -0.39 is 5.60 Å². The molecular weight excluding hydrogens is 218 g/mol. The van der Waals surface area contributed by atoms with Gasteiger partial charge in [-0.2, -0.15) is 0 Å². The standard InChI is InChI=1S/C12H23N3O2/c1-11(2,3)17-10(16)15-7-12(8-15)6-14(4)5-9(12)13/h9H,5-8,13H2,1-4H3. The van der Waals surface area contributed by atoms with Gasteiger partial charge in [0.1, 0.15) is 5.60 Å². The summed E-state index contributed by atoms with van der Waals surface area (Å²) in [5, 5.41) is 0. The van der Waals surface area contributed by atoms with E-state index in [0.717, 1.165) is 26.2 Å². The van der Waals surface area contributed by atoms with Crippen molar-refractivity contribution in [2.24, 2.45) is 11.1 Å². The van der Waals surface area contributed by atoms with Crippen molar-refractivity contribution >= 4 is 6.09 Å². The molecule has 17 heavy (non-hydrogen) atoms. The summed E-state index contributed by atoms with van der Waals surface area (Å²) < 4.78 is 5.34. The average Bonchev–Trinajstić information content (AvgIpc) is 2.34. The molecule has 2 saturated heterocycles. The summed E-state index contributed by atoms with van der Waals surface area (Å²) in [6, 6.07) is 0.172. The van der Waals surface area contributed by atoms with E-state index in [-0.39, 0.29) is 17.6 Å². The first kappa shape index (κ1) is 12.6. The third kappa shape index (κ3) is 2.40. The van der Waals surface area contributed by atoms with E-state index in [1.165, 1.54) is 0 Å². The number of ether oxygens (including phenoxy) is 1. The second-order valence-electron chi connectivity index (χ2n) is 6.50. The summed E-state index contributed by atoms with van der Waals surface area (Å²) in [4.78, 5) is 15.8. The zero-order valence-corrected chi connectivity index (χ0v) is 11.2. The smallest absolute Gasteiger partial charge is 0.410 e. The first-order valence-electron chi connectivity index (χ1n) is 6.14. The first-order valence-corrected chi connectivity index (χ1v) is 6.14. The molecule has 1 atom stereocenters. The van der Waals surface area contributed by atoms with Crippen LogP contribution in [-0.2, 0) is 4.74 Å². The van der Waals surface area contributed by atoms with Crippen LogP contribution in [0.3, 0.4) is 0 Å². The number of carbonyl (C=O) groups excluding carboxylic acids is 1. The van der Waals surface area contributed by atoms with Crippen LogP contribution in [0.2, 0.25) is 0 Å². The average molecular weight is 241 g/mol. The van der Waals surface area contributed by atoms with Crippen LogP contribution in [0.1, 0.15) is 20.8 Å². The fourth-order valence-corrected chi connectivity index (χ4v) is 2.75. The van der Waals surface area contributed by atoms with Crippen molar-refractivity contribution in [1.29, 1.82) is 0 Å². The van der Waals surface area contributed by atoms with Crippen LogP contribution in [0, 0.1) is 5.41 Å². The number of hydrogen-bond donors (Lipinski definition) is 1. The Hall–Kier alpha value is -0.810. The fraction of sp³-hybridized carbons (Fsp3) is 0.917. The lowest BCUT2D eigenvalue weighted by Crippen LogP contribution is -2.65. The lowest BCUT2D eigenvalue weighted by molar-refractivity contribution is -0.0342. The van der Waals surface area contributed by atoms with E-state index in [9.17, 15) is 4.79 Å². The van der Waals surface area contributed by atoms with Gasteiger partial charge >= 0.3 is 6.09 Å². The molecule has 2 fully saturated rings. The number of likely N-dealkylation sites (tertiary alicyclic amines) is 2. The number of rotatable bonds is 0. The first-order chi connectivity index (χ1) is 7.72. The topological polar surface area (TPSA) is 58.8 Å². The minimum atomic E-state index is -0.422. The van der Waals surface area contributed by atoms with Gasteiger partial charge in [-0.05, 0) is 27.8 Å². The number of hydrogen-bond acceptors (Lipinski definition) is 4. The molecule has 2 heterocycles. The Morgan fingerprint density at radius 2 is 1.94 bits per heavy atom. The molecule has 98 valence electrons. The zero-order valence-electron chi connectivity index (χ0n) is 11.2. The molecule has 2 aliphatic heterocycles. The molecule has 0 aromatic rings. The molecule has 1 amide bonds. The van der Waals surface area contributed by atoms with Crippen molar-refractivity contribution in [1.82, 2.24) is 9.80 Å². The van der Waals surface area contributed by atoms with E-state index in [4.69, 9.17) is 10.5 Å². The van der Waals surface area contributed by atoms with Gasteiger partial charge in [0.2, 0.25) is 0 Å². The Labute approximate surface area is 103 Å². The van der Waals surface area contributed by atoms with Gasteiger partial charge in [0, 0.05) is 37.6 Å². The number of nitrogens with zero attached hydrogens (tertiary/aromatic N) is 2. The van der Waals surface area contributed by atoms with E-state index in [1.807, 2.05) is 20.8 Å². The highest BCUT2D eigenvalue weighted by Crippen LogP contribution is 2.38. The maximum atomic E-state index is 11.8. The van der Waals surface area contributed by atoms with Gasteiger partial charge in [-0.25, -0.2) is 4.79 Å². The summed E-state index contributed by atoms with van der Waals surface area (Å²) in [6.07, 6.45) is -0.218. The number of amides is 1. The molecule has 2 aliphatic rings. The summed E-state index contributed by atoms with van der Waals surface area (Å²) in [6.45, 7) is 9.01. The minimum absolute atomic E-state index is 0.103.